The number of methoxy groups -OCH3 is 1. The van der Waals surface area contributed by atoms with Gasteiger partial charge in [0, 0.05) is 5.69 Å². The zero-order valence-corrected chi connectivity index (χ0v) is 22.4. The van der Waals surface area contributed by atoms with Gasteiger partial charge in [0.05, 0.1) is 30.7 Å². The molecule has 6 nitrogen and oxygen atoms in total. The third kappa shape index (κ3) is 4.55. The summed E-state index contributed by atoms with van der Waals surface area (Å²) in [4.78, 5) is 29.4. The number of carbonyl (C=O) groups excluding carboxylic acids is 1. The Balaban J connectivity index is 1.66. The van der Waals surface area contributed by atoms with Crippen LogP contribution in [0, 0.1) is 6.92 Å². The monoisotopic (exact) mass is 511 g/mol. The Kier molecular flexibility index (Phi) is 7.23. The van der Waals surface area contributed by atoms with Crippen LogP contribution in [0.5, 0.6) is 11.5 Å². The molecule has 0 bridgehead atoms. The molecule has 2 heterocycles. The minimum absolute atomic E-state index is 0.0785. The van der Waals surface area contributed by atoms with Crippen LogP contribution in [0.3, 0.4) is 0 Å². The van der Waals surface area contributed by atoms with Crippen LogP contribution in [0.15, 0.2) is 69.9 Å². The molecule has 0 spiro atoms. The number of rotatable bonds is 9. The van der Waals surface area contributed by atoms with E-state index in [4.69, 9.17) is 13.9 Å². The summed E-state index contributed by atoms with van der Waals surface area (Å²) < 4.78 is 17.8. The molecular formula is C32H33NO5. The number of carbonyl (C=O) groups is 1. The molecule has 1 atom stereocenters. The van der Waals surface area contributed by atoms with E-state index in [1.165, 1.54) is 0 Å². The van der Waals surface area contributed by atoms with Crippen molar-refractivity contribution in [1.82, 2.24) is 0 Å². The number of fused-ring (bicyclic) bond motifs is 2. The molecule has 1 aliphatic rings. The Morgan fingerprint density at radius 2 is 1.71 bits per heavy atom. The maximum Gasteiger partial charge on any atom is 0.295 e. The van der Waals surface area contributed by atoms with E-state index in [-0.39, 0.29) is 17.1 Å². The van der Waals surface area contributed by atoms with E-state index in [0.717, 1.165) is 42.4 Å². The molecule has 0 saturated heterocycles. The summed E-state index contributed by atoms with van der Waals surface area (Å²) in [7, 11) is 1.59. The largest absolute Gasteiger partial charge is 0.493 e. The van der Waals surface area contributed by atoms with Gasteiger partial charge in [0.15, 0.2) is 16.9 Å². The van der Waals surface area contributed by atoms with Gasteiger partial charge >= 0.3 is 0 Å². The van der Waals surface area contributed by atoms with Crippen LogP contribution in [0.2, 0.25) is 0 Å². The van der Waals surface area contributed by atoms with E-state index in [9.17, 15) is 9.59 Å². The highest BCUT2D eigenvalue weighted by Gasteiger charge is 2.44. The highest BCUT2D eigenvalue weighted by Crippen LogP contribution is 2.43. The third-order valence-corrected chi connectivity index (χ3v) is 7.16. The first-order valence-corrected chi connectivity index (χ1v) is 13.3. The van der Waals surface area contributed by atoms with Crippen LogP contribution in [0.25, 0.3) is 11.0 Å². The first-order chi connectivity index (χ1) is 18.5. The predicted molar refractivity (Wildman–Crippen MR) is 150 cm³/mol. The number of ether oxygens (including phenoxy) is 2. The molecule has 3 aromatic carbocycles. The zero-order valence-electron chi connectivity index (χ0n) is 22.4. The lowest BCUT2D eigenvalue weighted by atomic mass is 9.97. The van der Waals surface area contributed by atoms with Gasteiger partial charge in [-0.15, -0.1) is 0 Å². The van der Waals surface area contributed by atoms with Crippen LogP contribution in [0.4, 0.5) is 5.69 Å². The smallest absolute Gasteiger partial charge is 0.295 e. The molecule has 196 valence electrons. The average molecular weight is 512 g/mol. The molecule has 1 aliphatic heterocycles. The highest BCUT2D eigenvalue weighted by molar-refractivity contribution is 6.10. The molecule has 38 heavy (non-hydrogen) atoms. The third-order valence-electron chi connectivity index (χ3n) is 7.16. The molecule has 0 saturated carbocycles. The SMILES string of the molecule is CCCCCOc1ccc(C2c3c(oc4ccc(C)cc4c3=O)C(=O)N2c2ccc(CC)cc2)cc1OC. The number of hydrogen-bond donors (Lipinski definition) is 0. The minimum atomic E-state index is -0.672. The molecule has 1 aromatic heterocycles. The van der Waals surface area contributed by atoms with E-state index in [0.29, 0.717) is 40.3 Å². The maximum absolute atomic E-state index is 13.9. The fraction of sp³-hybridized carbons (Fsp3) is 0.312. The quantitative estimate of drug-likeness (QED) is 0.227. The number of benzene rings is 3. The minimum Gasteiger partial charge on any atom is -0.493 e. The van der Waals surface area contributed by atoms with Crippen molar-refractivity contribution in [1.29, 1.82) is 0 Å². The second-order valence-corrected chi connectivity index (χ2v) is 9.74. The van der Waals surface area contributed by atoms with Crippen molar-refractivity contribution in [3.63, 3.8) is 0 Å². The van der Waals surface area contributed by atoms with Gasteiger partial charge in [-0.1, -0.05) is 56.5 Å². The van der Waals surface area contributed by atoms with Gasteiger partial charge in [-0.05, 0) is 67.3 Å². The fourth-order valence-corrected chi connectivity index (χ4v) is 5.07. The molecule has 1 amide bonds. The lowest BCUT2D eigenvalue weighted by Gasteiger charge is -2.26. The Bertz CT molecular complexity index is 1540. The molecular weight excluding hydrogens is 478 g/mol. The van der Waals surface area contributed by atoms with Gasteiger partial charge in [-0.2, -0.15) is 0 Å². The van der Waals surface area contributed by atoms with Crippen molar-refractivity contribution in [3.8, 4) is 11.5 Å². The van der Waals surface area contributed by atoms with Crippen LogP contribution in [-0.4, -0.2) is 19.6 Å². The average Bonchev–Trinajstić information content (AvgIpc) is 3.23. The molecule has 0 fully saturated rings. The first-order valence-electron chi connectivity index (χ1n) is 13.3. The van der Waals surface area contributed by atoms with E-state index in [2.05, 4.69) is 13.8 Å². The molecule has 0 radical (unpaired) electrons. The highest BCUT2D eigenvalue weighted by atomic mass is 16.5. The van der Waals surface area contributed by atoms with E-state index in [1.807, 2.05) is 61.5 Å². The summed E-state index contributed by atoms with van der Waals surface area (Å²) >= 11 is 0. The summed E-state index contributed by atoms with van der Waals surface area (Å²) in [6.07, 6.45) is 4.05. The summed E-state index contributed by atoms with van der Waals surface area (Å²) in [5.74, 6) is 0.932. The second kappa shape index (κ2) is 10.7. The Labute approximate surface area is 222 Å². The van der Waals surface area contributed by atoms with Crippen LogP contribution in [0.1, 0.15) is 72.0 Å². The van der Waals surface area contributed by atoms with Crippen LogP contribution < -0.4 is 19.8 Å². The van der Waals surface area contributed by atoms with Crippen molar-refractivity contribution in [2.75, 3.05) is 18.6 Å². The second-order valence-electron chi connectivity index (χ2n) is 9.74. The van der Waals surface area contributed by atoms with Crippen molar-refractivity contribution in [3.05, 3.63) is 98.9 Å². The van der Waals surface area contributed by atoms with Gasteiger partial charge in [0.1, 0.15) is 5.58 Å². The number of anilines is 1. The van der Waals surface area contributed by atoms with E-state index < -0.39 is 6.04 Å². The molecule has 1 unspecified atom stereocenters. The summed E-state index contributed by atoms with van der Waals surface area (Å²) in [6, 6.07) is 18.2. The van der Waals surface area contributed by atoms with Crippen molar-refractivity contribution < 1.29 is 18.7 Å². The summed E-state index contributed by atoms with van der Waals surface area (Å²) in [5.41, 5.74) is 4.10. The standard InChI is InChI=1S/C32H33NO5/c1-5-7-8-17-37-26-16-12-22(19-27(26)36-4)29-28-30(34)24-18-20(3)9-15-25(24)38-31(28)32(35)33(29)23-13-10-21(6-2)11-14-23/h9-16,18-19,29H,5-8,17H2,1-4H3. The number of hydrogen-bond acceptors (Lipinski definition) is 5. The lowest BCUT2D eigenvalue weighted by molar-refractivity contribution is 0.0971. The lowest BCUT2D eigenvalue weighted by Crippen LogP contribution is -2.29. The number of unbranched alkanes of at least 4 members (excludes halogenated alkanes) is 2. The molecule has 4 aromatic rings. The van der Waals surface area contributed by atoms with Gasteiger partial charge < -0.3 is 13.9 Å². The van der Waals surface area contributed by atoms with Gasteiger partial charge in [0.25, 0.3) is 5.91 Å². The summed E-state index contributed by atoms with van der Waals surface area (Å²) in [6.45, 7) is 6.77. The topological polar surface area (TPSA) is 69.0 Å². The Morgan fingerprint density at radius 3 is 2.42 bits per heavy atom. The zero-order chi connectivity index (χ0) is 26.8. The van der Waals surface area contributed by atoms with Crippen molar-refractivity contribution in [2.24, 2.45) is 0 Å². The van der Waals surface area contributed by atoms with E-state index >= 15 is 0 Å². The summed E-state index contributed by atoms with van der Waals surface area (Å²) in [5, 5.41) is 0.465. The molecule has 0 N–H and O–H groups in total. The fourth-order valence-electron chi connectivity index (χ4n) is 5.07. The van der Waals surface area contributed by atoms with Gasteiger partial charge in [-0.3, -0.25) is 14.5 Å². The van der Waals surface area contributed by atoms with Gasteiger partial charge in [-0.25, -0.2) is 0 Å². The Hall–Kier alpha value is -4.06. The number of nitrogens with zero attached hydrogens (tertiary/aromatic N) is 1. The first kappa shape index (κ1) is 25.6. The molecule has 0 aliphatic carbocycles. The molecule has 6 heteroatoms. The molecule has 5 rings (SSSR count). The Morgan fingerprint density at radius 1 is 0.921 bits per heavy atom. The maximum atomic E-state index is 13.9. The predicted octanol–water partition coefficient (Wildman–Crippen LogP) is 6.99. The normalized spacial score (nSPS) is 14.7. The van der Waals surface area contributed by atoms with Gasteiger partial charge in [0.2, 0.25) is 5.76 Å². The number of aryl methyl sites for hydroxylation is 2. The van der Waals surface area contributed by atoms with Crippen LogP contribution >= 0.6 is 0 Å². The van der Waals surface area contributed by atoms with E-state index in [1.54, 1.807) is 18.1 Å². The van der Waals surface area contributed by atoms with Crippen molar-refractivity contribution in [2.45, 2.75) is 52.5 Å². The van der Waals surface area contributed by atoms with Crippen molar-refractivity contribution >= 4 is 22.6 Å². The number of amides is 1. The van der Waals surface area contributed by atoms with Crippen LogP contribution in [-0.2, 0) is 6.42 Å².